The first-order chi connectivity index (χ1) is 9.63. The number of aromatic nitrogens is 1. The Morgan fingerprint density at radius 3 is 2.90 bits per heavy atom. The highest BCUT2D eigenvalue weighted by molar-refractivity contribution is 7.98. The van der Waals surface area contributed by atoms with Crippen LogP contribution in [-0.4, -0.2) is 41.4 Å². The zero-order valence-electron chi connectivity index (χ0n) is 11.3. The number of amides is 1. The predicted molar refractivity (Wildman–Crippen MR) is 87.9 cm³/mol. The molecule has 2 rings (SSSR count). The van der Waals surface area contributed by atoms with Crippen molar-refractivity contribution < 1.29 is 4.79 Å². The summed E-state index contributed by atoms with van der Waals surface area (Å²) in [6, 6.07) is 7.52. The third-order valence-corrected chi connectivity index (χ3v) is 4.74. The van der Waals surface area contributed by atoms with Crippen molar-refractivity contribution in [1.82, 2.24) is 9.88 Å². The molecule has 1 heterocycles. The molecule has 106 valence electrons. The summed E-state index contributed by atoms with van der Waals surface area (Å²) in [4.78, 5) is 18.9. The molecule has 20 heavy (non-hydrogen) atoms. The lowest BCUT2D eigenvalue weighted by Gasteiger charge is -2.14. The summed E-state index contributed by atoms with van der Waals surface area (Å²) in [5, 5.41) is 1.42. The third-order valence-electron chi connectivity index (χ3n) is 2.80. The third kappa shape index (κ3) is 3.53. The number of halogens is 1. The maximum atomic E-state index is 12.2. The van der Waals surface area contributed by atoms with E-state index in [1.165, 1.54) is 11.3 Å². The van der Waals surface area contributed by atoms with Crippen molar-refractivity contribution in [2.45, 2.75) is 0 Å². The van der Waals surface area contributed by atoms with Gasteiger partial charge in [-0.3, -0.25) is 4.79 Å². The molecule has 0 aliphatic carbocycles. The monoisotopic (exact) mass is 326 g/mol. The molecule has 1 aromatic carbocycles. The van der Waals surface area contributed by atoms with Crippen LogP contribution in [0.1, 0.15) is 9.67 Å². The highest BCUT2D eigenvalue weighted by Gasteiger charge is 2.16. The topological polar surface area (TPSA) is 33.2 Å². The van der Waals surface area contributed by atoms with Crippen molar-refractivity contribution in [3.8, 4) is 10.6 Å². The largest absolute Gasteiger partial charge is 0.340 e. The maximum absolute atomic E-state index is 12.2. The van der Waals surface area contributed by atoms with E-state index in [1.54, 1.807) is 22.9 Å². The number of thioether (sulfide) groups is 1. The summed E-state index contributed by atoms with van der Waals surface area (Å²) in [7, 11) is 1.81. The van der Waals surface area contributed by atoms with Gasteiger partial charge >= 0.3 is 0 Å². The van der Waals surface area contributed by atoms with Gasteiger partial charge in [-0.05, 0) is 12.3 Å². The van der Waals surface area contributed by atoms with Gasteiger partial charge in [0, 0.05) is 24.9 Å². The summed E-state index contributed by atoms with van der Waals surface area (Å²) in [6.07, 6.45) is 3.65. The van der Waals surface area contributed by atoms with Crippen LogP contribution in [0.25, 0.3) is 10.6 Å². The van der Waals surface area contributed by atoms with Crippen molar-refractivity contribution in [1.29, 1.82) is 0 Å². The molecule has 0 saturated carbocycles. The van der Waals surface area contributed by atoms with Gasteiger partial charge in [-0.2, -0.15) is 11.8 Å². The molecule has 0 unspecified atom stereocenters. The van der Waals surface area contributed by atoms with E-state index in [1.807, 2.05) is 37.6 Å². The molecular formula is C14H15ClN2OS2. The highest BCUT2D eigenvalue weighted by Crippen LogP contribution is 2.31. The first-order valence-electron chi connectivity index (χ1n) is 6.08. The Hall–Kier alpha value is -1.04. The number of hydrogen-bond donors (Lipinski definition) is 0. The fourth-order valence-electron chi connectivity index (χ4n) is 1.65. The van der Waals surface area contributed by atoms with Crippen molar-refractivity contribution in [2.75, 3.05) is 25.6 Å². The Morgan fingerprint density at radius 1 is 1.45 bits per heavy atom. The van der Waals surface area contributed by atoms with Gasteiger partial charge < -0.3 is 4.90 Å². The molecule has 0 N–H and O–H groups in total. The minimum absolute atomic E-state index is 0.00912. The normalized spacial score (nSPS) is 10.6. The molecule has 0 atom stereocenters. The molecule has 0 saturated heterocycles. The Morgan fingerprint density at radius 2 is 2.20 bits per heavy atom. The van der Waals surface area contributed by atoms with Crippen molar-refractivity contribution >= 4 is 40.6 Å². The van der Waals surface area contributed by atoms with E-state index in [4.69, 9.17) is 11.6 Å². The van der Waals surface area contributed by atoms with E-state index < -0.39 is 0 Å². The van der Waals surface area contributed by atoms with Crippen LogP contribution in [0.5, 0.6) is 0 Å². The smallest absolute Gasteiger partial charge is 0.265 e. The second-order valence-corrected chi connectivity index (χ2v) is 6.65. The van der Waals surface area contributed by atoms with Gasteiger partial charge in [0.25, 0.3) is 5.91 Å². The molecule has 3 nitrogen and oxygen atoms in total. The minimum Gasteiger partial charge on any atom is -0.340 e. The van der Waals surface area contributed by atoms with Crippen molar-refractivity contribution in [3.63, 3.8) is 0 Å². The standard InChI is InChI=1S/C14H15ClN2OS2/c1-17(7-8-19-2)14(18)12-9-16-13(20-12)10-5-3-4-6-11(10)15/h3-6,9H,7-8H2,1-2H3. The van der Waals surface area contributed by atoms with Crippen LogP contribution in [0.15, 0.2) is 30.5 Å². The summed E-state index contributed by atoms with van der Waals surface area (Å²) < 4.78 is 0. The first-order valence-corrected chi connectivity index (χ1v) is 8.67. The van der Waals surface area contributed by atoms with E-state index in [2.05, 4.69) is 4.98 Å². The average Bonchev–Trinajstić information content (AvgIpc) is 2.94. The van der Waals surface area contributed by atoms with Crippen LogP contribution < -0.4 is 0 Å². The average molecular weight is 327 g/mol. The van der Waals surface area contributed by atoms with Gasteiger partial charge in [0.15, 0.2) is 0 Å². The number of nitrogens with zero attached hydrogens (tertiary/aromatic N) is 2. The summed E-state index contributed by atoms with van der Waals surface area (Å²) in [5.41, 5.74) is 0.866. The van der Waals surface area contributed by atoms with Gasteiger partial charge in [-0.15, -0.1) is 11.3 Å². The van der Waals surface area contributed by atoms with Gasteiger partial charge in [0.05, 0.1) is 11.2 Å². The van der Waals surface area contributed by atoms with E-state index in [9.17, 15) is 4.79 Å². The summed E-state index contributed by atoms with van der Waals surface area (Å²) in [5.74, 6) is 0.938. The zero-order chi connectivity index (χ0) is 14.5. The van der Waals surface area contributed by atoms with Crippen molar-refractivity contribution in [2.24, 2.45) is 0 Å². The number of carbonyl (C=O) groups excluding carboxylic acids is 1. The SMILES string of the molecule is CSCCN(C)C(=O)c1cnc(-c2ccccc2Cl)s1. The van der Waals surface area contributed by atoms with Crippen LogP contribution in [-0.2, 0) is 0 Å². The lowest BCUT2D eigenvalue weighted by atomic mass is 10.2. The minimum atomic E-state index is 0.00912. The van der Waals surface area contributed by atoms with Gasteiger partial charge in [-0.25, -0.2) is 4.98 Å². The Kier molecular flexibility index (Phi) is 5.46. The molecule has 2 aromatic rings. The van der Waals surface area contributed by atoms with Gasteiger partial charge in [0.2, 0.25) is 0 Å². The van der Waals surface area contributed by atoms with Crippen LogP contribution in [0, 0.1) is 0 Å². The van der Waals surface area contributed by atoms with Gasteiger partial charge in [-0.1, -0.05) is 29.8 Å². The summed E-state index contributed by atoms with van der Waals surface area (Å²) >= 11 is 9.25. The lowest BCUT2D eigenvalue weighted by Crippen LogP contribution is -2.28. The highest BCUT2D eigenvalue weighted by atomic mass is 35.5. The second kappa shape index (κ2) is 7.11. The predicted octanol–water partition coefficient (Wildman–Crippen LogP) is 3.90. The molecule has 0 spiro atoms. The molecule has 0 aliphatic rings. The number of carbonyl (C=O) groups is 1. The van der Waals surface area contributed by atoms with Crippen LogP contribution in [0.3, 0.4) is 0 Å². The zero-order valence-corrected chi connectivity index (χ0v) is 13.7. The fourth-order valence-corrected chi connectivity index (χ4v) is 3.34. The maximum Gasteiger partial charge on any atom is 0.265 e. The number of thiazole rings is 1. The van der Waals surface area contributed by atoms with Gasteiger partial charge in [0.1, 0.15) is 9.88 Å². The number of rotatable bonds is 5. The molecule has 1 amide bonds. The Labute approximate surface area is 132 Å². The molecular weight excluding hydrogens is 312 g/mol. The van der Waals surface area contributed by atoms with Crippen LogP contribution >= 0.6 is 34.7 Å². The number of benzene rings is 1. The molecule has 6 heteroatoms. The van der Waals surface area contributed by atoms with E-state index >= 15 is 0 Å². The van der Waals surface area contributed by atoms with Crippen molar-refractivity contribution in [3.05, 3.63) is 40.4 Å². The quantitative estimate of drug-likeness (QED) is 0.835. The molecule has 0 radical (unpaired) electrons. The molecule has 0 bridgehead atoms. The second-order valence-electron chi connectivity index (χ2n) is 4.23. The molecule has 0 aliphatic heterocycles. The first kappa shape index (κ1) is 15.4. The number of hydrogen-bond acceptors (Lipinski definition) is 4. The Bertz CT molecular complexity index is 600. The van der Waals surface area contributed by atoms with E-state index in [-0.39, 0.29) is 5.91 Å². The summed E-state index contributed by atoms with van der Waals surface area (Å²) in [6.45, 7) is 0.735. The van der Waals surface area contributed by atoms with E-state index in [0.29, 0.717) is 9.90 Å². The van der Waals surface area contributed by atoms with Crippen LogP contribution in [0.2, 0.25) is 5.02 Å². The van der Waals surface area contributed by atoms with Crippen LogP contribution in [0.4, 0.5) is 0 Å². The molecule has 0 fully saturated rings. The van der Waals surface area contributed by atoms with E-state index in [0.717, 1.165) is 22.9 Å². The fraction of sp³-hybridized carbons (Fsp3) is 0.286. The molecule has 1 aromatic heterocycles. The Balaban J connectivity index is 2.17. The lowest BCUT2D eigenvalue weighted by molar-refractivity contribution is 0.0808.